The first-order valence-corrected chi connectivity index (χ1v) is 6.51. The molecule has 1 aromatic heterocycles. The fourth-order valence-corrected chi connectivity index (χ4v) is 2.51. The van der Waals surface area contributed by atoms with Gasteiger partial charge in [0.1, 0.15) is 5.75 Å². The van der Waals surface area contributed by atoms with Gasteiger partial charge >= 0.3 is 0 Å². The van der Waals surface area contributed by atoms with Crippen LogP contribution >= 0.6 is 11.5 Å². The van der Waals surface area contributed by atoms with Crippen LogP contribution in [0, 0.1) is 0 Å². The van der Waals surface area contributed by atoms with E-state index in [1.165, 1.54) is 11.5 Å². The molecule has 0 aliphatic heterocycles. The van der Waals surface area contributed by atoms with Crippen LogP contribution in [0.5, 0.6) is 16.6 Å². The highest BCUT2D eigenvalue weighted by atomic mass is 32.1. The van der Waals surface area contributed by atoms with Crippen molar-refractivity contribution in [2.45, 2.75) is 0 Å². The molecular formula is C14H12N2O2S. The predicted molar refractivity (Wildman–Crippen MR) is 77.1 cm³/mol. The second-order valence-electron chi connectivity index (χ2n) is 3.99. The maximum absolute atomic E-state index is 5.91. The van der Waals surface area contributed by atoms with Gasteiger partial charge in [0.2, 0.25) is 5.06 Å². The maximum atomic E-state index is 5.91. The van der Waals surface area contributed by atoms with Crippen molar-refractivity contribution in [3.05, 3.63) is 42.5 Å². The molecule has 96 valence electrons. The van der Waals surface area contributed by atoms with Crippen LogP contribution in [0.2, 0.25) is 0 Å². The number of rotatable bonds is 3. The molecule has 4 nitrogen and oxygen atoms in total. The van der Waals surface area contributed by atoms with E-state index in [0.29, 0.717) is 17.2 Å². The fraction of sp³-hybridized carbons (Fsp3) is 0.0714. The minimum absolute atomic E-state index is 0.568. The molecule has 0 amide bonds. The van der Waals surface area contributed by atoms with Crippen molar-refractivity contribution in [2.24, 2.45) is 0 Å². The number of nitrogen functional groups attached to an aromatic ring is 1. The molecule has 1 heterocycles. The number of nitrogens with two attached hydrogens (primary N) is 1. The molecule has 0 atom stereocenters. The Morgan fingerprint density at radius 2 is 2.00 bits per heavy atom. The van der Waals surface area contributed by atoms with Gasteiger partial charge in [-0.3, -0.25) is 0 Å². The van der Waals surface area contributed by atoms with Gasteiger partial charge < -0.3 is 15.2 Å². The van der Waals surface area contributed by atoms with Gasteiger partial charge in [-0.2, -0.15) is 4.37 Å². The lowest BCUT2D eigenvalue weighted by molar-refractivity contribution is 0.410. The molecule has 0 saturated heterocycles. The van der Waals surface area contributed by atoms with E-state index < -0.39 is 0 Å². The number of ether oxygens (including phenoxy) is 2. The van der Waals surface area contributed by atoms with Crippen LogP contribution in [-0.4, -0.2) is 11.5 Å². The molecule has 5 heteroatoms. The number of fused-ring (bicyclic) bond motifs is 1. The number of aromatic nitrogens is 1. The number of nitrogens with zero attached hydrogens (tertiary/aromatic N) is 1. The van der Waals surface area contributed by atoms with E-state index in [1.807, 2.05) is 24.3 Å². The van der Waals surface area contributed by atoms with Gasteiger partial charge in [-0.05, 0) is 24.3 Å². The zero-order valence-corrected chi connectivity index (χ0v) is 11.1. The Morgan fingerprint density at radius 3 is 2.84 bits per heavy atom. The van der Waals surface area contributed by atoms with Crippen molar-refractivity contribution in [2.75, 3.05) is 12.8 Å². The van der Waals surface area contributed by atoms with Crippen molar-refractivity contribution in [1.29, 1.82) is 0 Å². The second-order valence-corrected chi connectivity index (χ2v) is 4.73. The smallest absolute Gasteiger partial charge is 0.208 e. The van der Waals surface area contributed by atoms with E-state index >= 15 is 0 Å². The van der Waals surface area contributed by atoms with E-state index in [9.17, 15) is 0 Å². The lowest BCUT2D eigenvalue weighted by Gasteiger charge is -2.08. The lowest BCUT2D eigenvalue weighted by Crippen LogP contribution is -1.92. The molecule has 0 bridgehead atoms. The van der Waals surface area contributed by atoms with Crippen LogP contribution in [0.4, 0.5) is 5.69 Å². The van der Waals surface area contributed by atoms with Crippen molar-refractivity contribution >= 4 is 28.1 Å². The molecule has 3 aromatic rings. The average Bonchev–Trinajstić information content (AvgIpc) is 2.85. The third-order valence-corrected chi connectivity index (χ3v) is 3.53. The lowest BCUT2D eigenvalue weighted by atomic mass is 10.2. The second kappa shape index (κ2) is 4.78. The van der Waals surface area contributed by atoms with Crippen molar-refractivity contribution in [3.8, 4) is 16.6 Å². The summed E-state index contributed by atoms with van der Waals surface area (Å²) < 4.78 is 15.4. The van der Waals surface area contributed by atoms with Crippen LogP contribution in [0.3, 0.4) is 0 Å². The quantitative estimate of drug-likeness (QED) is 0.739. The highest BCUT2D eigenvalue weighted by molar-refractivity contribution is 7.09. The summed E-state index contributed by atoms with van der Waals surface area (Å²) in [6, 6.07) is 13.2. The molecule has 19 heavy (non-hydrogen) atoms. The van der Waals surface area contributed by atoms with Gasteiger partial charge in [0.15, 0.2) is 5.75 Å². The molecule has 0 saturated carbocycles. The average molecular weight is 272 g/mol. The molecule has 2 N–H and O–H groups in total. The summed E-state index contributed by atoms with van der Waals surface area (Å²) in [5, 5.41) is 1.71. The number of methoxy groups -OCH3 is 1. The van der Waals surface area contributed by atoms with Gasteiger partial charge in [-0.15, -0.1) is 0 Å². The Hall–Kier alpha value is -2.27. The van der Waals surface area contributed by atoms with Crippen LogP contribution in [-0.2, 0) is 0 Å². The molecule has 0 spiro atoms. The van der Waals surface area contributed by atoms with E-state index in [-0.39, 0.29) is 0 Å². The van der Waals surface area contributed by atoms with Crippen LogP contribution in [0.25, 0.3) is 10.9 Å². The Labute approximate surface area is 114 Å². The zero-order valence-electron chi connectivity index (χ0n) is 10.3. The van der Waals surface area contributed by atoms with E-state index in [1.54, 1.807) is 25.3 Å². The monoisotopic (exact) mass is 272 g/mol. The first kappa shape index (κ1) is 11.8. The normalized spacial score (nSPS) is 10.6. The minimum atomic E-state index is 0.568. The van der Waals surface area contributed by atoms with Crippen LogP contribution in [0.1, 0.15) is 0 Å². The van der Waals surface area contributed by atoms with Gasteiger partial charge in [0.25, 0.3) is 0 Å². The zero-order chi connectivity index (χ0) is 13.2. The van der Waals surface area contributed by atoms with E-state index in [4.69, 9.17) is 15.2 Å². The van der Waals surface area contributed by atoms with Crippen molar-refractivity contribution in [1.82, 2.24) is 4.37 Å². The molecule has 0 fully saturated rings. The van der Waals surface area contributed by atoms with E-state index in [2.05, 4.69) is 4.37 Å². The molecule has 0 unspecified atom stereocenters. The first-order valence-electron chi connectivity index (χ1n) is 5.73. The summed E-state index contributed by atoms with van der Waals surface area (Å²) in [5.41, 5.74) is 7.40. The first-order chi connectivity index (χ1) is 9.28. The summed E-state index contributed by atoms with van der Waals surface area (Å²) in [4.78, 5) is 0. The molecular weight excluding hydrogens is 260 g/mol. The molecule has 0 aliphatic rings. The standard InChI is InChI=1S/C14H12N2O2S/c1-17-9-6-7-11(15)13(8-9)18-14-10-4-2-3-5-12(10)16-19-14/h2-8H,15H2,1H3. The van der Waals surface area contributed by atoms with E-state index in [0.717, 1.165) is 16.0 Å². The fourth-order valence-electron chi connectivity index (χ4n) is 1.77. The molecule has 2 aromatic carbocycles. The SMILES string of the molecule is COc1ccc(N)c(Oc2snc3ccccc23)c1. The minimum Gasteiger partial charge on any atom is -0.497 e. The maximum Gasteiger partial charge on any atom is 0.208 e. The summed E-state index contributed by atoms with van der Waals surface area (Å²) in [6.45, 7) is 0. The Morgan fingerprint density at radius 1 is 1.16 bits per heavy atom. The van der Waals surface area contributed by atoms with Gasteiger partial charge in [-0.1, -0.05) is 12.1 Å². The summed E-state index contributed by atoms with van der Waals surface area (Å²) in [7, 11) is 1.61. The van der Waals surface area contributed by atoms with Gasteiger partial charge in [0, 0.05) is 17.6 Å². The molecule has 0 radical (unpaired) electrons. The van der Waals surface area contributed by atoms with Crippen molar-refractivity contribution in [3.63, 3.8) is 0 Å². The Balaban J connectivity index is 2.01. The van der Waals surface area contributed by atoms with Crippen LogP contribution < -0.4 is 15.2 Å². The largest absolute Gasteiger partial charge is 0.497 e. The molecule has 0 aliphatic carbocycles. The third kappa shape index (κ3) is 2.20. The highest BCUT2D eigenvalue weighted by Gasteiger charge is 2.10. The van der Waals surface area contributed by atoms with Crippen LogP contribution in [0.15, 0.2) is 42.5 Å². The van der Waals surface area contributed by atoms with Gasteiger partial charge in [-0.25, -0.2) is 0 Å². The number of benzene rings is 2. The third-order valence-electron chi connectivity index (χ3n) is 2.77. The van der Waals surface area contributed by atoms with Gasteiger partial charge in [0.05, 0.1) is 23.7 Å². The summed E-state index contributed by atoms with van der Waals surface area (Å²) >= 11 is 1.31. The Bertz CT molecular complexity index is 724. The molecule has 3 rings (SSSR count). The topological polar surface area (TPSA) is 57.4 Å². The number of hydrogen-bond donors (Lipinski definition) is 1. The highest BCUT2D eigenvalue weighted by Crippen LogP contribution is 2.37. The van der Waals surface area contributed by atoms with Crippen molar-refractivity contribution < 1.29 is 9.47 Å². The summed E-state index contributed by atoms with van der Waals surface area (Å²) in [5.74, 6) is 1.28. The predicted octanol–water partition coefficient (Wildman–Crippen LogP) is 3.68. The Kier molecular flexibility index (Phi) is 2.97. The number of anilines is 1. The summed E-state index contributed by atoms with van der Waals surface area (Å²) in [6.07, 6.45) is 0. The number of hydrogen-bond acceptors (Lipinski definition) is 5.